The molecule has 1 aromatic heterocycles. The van der Waals surface area contributed by atoms with E-state index in [2.05, 4.69) is 20.9 Å². The monoisotopic (exact) mass is 470 g/mol. The van der Waals surface area contributed by atoms with E-state index in [1.165, 1.54) is 19.3 Å². The van der Waals surface area contributed by atoms with E-state index in [4.69, 9.17) is 16.3 Å². The van der Waals surface area contributed by atoms with E-state index in [-0.39, 0.29) is 29.4 Å². The minimum atomic E-state index is -4.61. The maximum absolute atomic E-state index is 13.0. The molecular weight excluding hydrogens is 449 g/mol. The second-order valence-corrected chi connectivity index (χ2v) is 7.75. The minimum absolute atomic E-state index is 0.000789. The molecule has 172 valence electrons. The third-order valence-electron chi connectivity index (χ3n) is 5.03. The van der Waals surface area contributed by atoms with Gasteiger partial charge in [-0.25, -0.2) is 4.79 Å². The average Bonchev–Trinajstić information content (AvgIpc) is 2.75. The zero-order valence-electron chi connectivity index (χ0n) is 17.1. The Morgan fingerprint density at radius 2 is 1.84 bits per heavy atom. The van der Waals surface area contributed by atoms with Crippen molar-refractivity contribution in [3.63, 3.8) is 0 Å². The molecule has 1 aliphatic rings. The fraction of sp³-hybridized carbons (Fsp3) is 0.381. The van der Waals surface area contributed by atoms with Gasteiger partial charge < -0.3 is 20.7 Å². The van der Waals surface area contributed by atoms with E-state index in [1.54, 1.807) is 12.1 Å². The number of hydrogen-bond donors (Lipinski definition) is 3. The Kier molecular flexibility index (Phi) is 7.44. The summed E-state index contributed by atoms with van der Waals surface area (Å²) < 4.78 is 44.8. The Morgan fingerprint density at radius 1 is 1.12 bits per heavy atom. The van der Waals surface area contributed by atoms with Gasteiger partial charge in [0.05, 0.1) is 16.7 Å². The summed E-state index contributed by atoms with van der Waals surface area (Å²) in [5.74, 6) is 0.230. The summed E-state index contributed by atoms with van der Waals surface area (Å²) in [7, 11) is 1.52. The Morgan fingerprint density at radius 3 is 2.50 bits per heavy atom. The van der Waals surface area contributed by atoms with Gasteiger partial charge in [0, 0.05) is 31.0 Å². The van der Waals surface area contributed by atoms with Gasteiger partial charge in [-0.1, -0.05) is 11.6 Å². The first-order valence-electron chi connectivity index (χ1n) is 9.94. The number of urea groups is 1. The van der Waals surface area contributed by atoms with Crippen LogP contribution in [0.4, 0.5) is 23.7 Å². The molecule has 0 saturated heterocycles. The van der Waals surface area contributed by atoms with Crippen LogP contribution >= 0.6 is 11.6 Å². The summed E-state index contributed by atoms with van der Waals surface area (Å²) >= 11 is 5.59. The fourth-order valence-corrected chi connectivity index (χ4v) is 3.65. The van der Waals surface area contributed by atoms with Crippen LogP contribution in [0.3, 0.4) is 0 Å². The molecular formula is C21H22ClF3N4O3. The summed E-state index contributed by atoms with van der Waals surface area (Å²) in [6.45, 7) is 0. The first kappa shape index (κ1) is 23.6. The second-order valence-electron chi connectivity index (χ2n) is 7.34. The van der Waals surface area contributed by atoms with Crippen LogP contribution in [0.15, 0.2) is 36.5 Å². The van der Waals surface area contributed by atoms with Crippen molar-refractivity contribution in [1.29, 1.82) is 0 Å². The van der Waals surface area contributed by atoms with Crippen molar-refractivity contribution >= 4 is 29.2 Å². The first-order valence-corrected chi connectivity index (χ1v) is 10.3. The number of carbonyl (C=O) groups is 2. The maximum Gasteiger partial charge on any atom is 0.417 e. The number of benzene rings is 1. The third kappa shape index (κ3) is 6.25. The number of nitrogens with zero attached hydrogens (tertiary/aromatic N) is 1. The van der Waals surface area contributed by atoms with Gasteiger partial charge in [-0.05, 0) is 49.9 Å². The highest BCUT2D eigenvalue weighted by molar-refractivity contribution is 6.31. The Bertz CT molecular complexity index is 979. The zero-order chi connectivity index (χ0) is 23.3. The van der Waals surface area contributed by atoms with Gasteiger partial charge in [0.1, 0.15) is 11.4 Å². The normalized spacial score (nSPS) is 18.5. The highest BCUT2D eigenvalue weighted by Crippen LogP contribution is 2.36. The van der Waals surface area contributed by atoms with E-state index in [9.17, 15) is 22.8 Å². The average molecular weight is 471 g/mol. The molecule has 0 atom stereocenters. The number of amides is 3. The number of alkyl halides is 3. The molecule has 1 heterocycles. The lowest BCUT2D eigenvalue weighted by Crippen LogP contribution is -2.41. The molecule has 1 aromatic carbocycles. The van der Waals surface area contributed by atoms with Crippen LogP contribution < -0.4 is 20.7 Å². The fourth-order valence-electron chi connectivity index (χ4n) is 3.43. The number of pyridine rings is 1. The highest BCUT2D eigenvalue weighted by Gasteiger charge is 2.33. The summed E-state index contributed by atoms with van der Waals surface area (Å²) in [4.78, 5) is 27.9. The SMILES string of the molecule is CNC(=O)c1cc(O[C@H]2CC[C@H](NC(=O)Nc3ccc(Cl)c(C(F)(F)F)c3)CC2)ccn1. The van der Waals surface area contributed by atoms with Crippen LogP contribution in [-0.4, -0.2) is 36.1 Å². The molecule has 3 rings (SSSR count). The van der Waals surface area contributed by atoms with Gasteiger partial charge in [0.25, 0.3) is 5.91 Å². The quantitative estimate of drug-likeness (QED) is 0.594. The lowest BCUT2D eigenvalue weighted by atomic mass is 9.93. The standard InChI is InChI=1S/C21H22ClF3N4O3/c1-26-19(30)18-11-15(8-9-27-18)32-14-5-2-12(3-6-14)28-20(31)29-13-4-7-17(22)16(10-13)21(23,24)25/h4,7-12,14H,2-3,5-6H2,1H3,(H,26,30)(H2,28,29,31)/t12-,14-. The molecule has 1 aliphatic carbocycles. The Balaban J connectivity index is 1.49. The predicted octanol–water partition coefficient (Wildman–Crippen LogP) is 4.63. The van der Waals surface area contributed by atoms with Crippen molar-refractivity contribution in [3.8, 4) is 5.75 Å². The van der Waals surface area contributed by atoms with E-state index < -0.39 is 22.8 Å². The third-order valence-corrected chi connectivity index (χ3v) is 5.36. The number of aromatic nitrogens is 1. The number of halogens is 4. The topological polar surface area (TPSA) is 92.4 Å². The largest absolute Gasteiger partial charge is 0.490 e. The van der Waals surface area contributed by atoms with E-state index in [0.29, 0.717) is 31.4 Å². The van der Waals surface area contributed by atoms with Crippen molar-refractivity contribution in [2.75, 3.05) is 12.4 Å². The molecule has 1 fully saturated rings. The second kappa shape index (κ2) is 10.1. The smallest absolute Gasteiger partial charge is 0.417 e. The van der Waals surface area contributed by atoms with Crippen LogP contribution in [0.1, 0.15) is 41.7 Å². The van der Waals surface area contributed by atoms with Crippen LogP contribution in [0.5, 0.6) is 5.75 Å². The van der Waals surface area contributed by atoms with E-state index in [0.717, 1.165) is 12.1 Å². The van der Waals surface area contributed by atoms with Gasteiger partial charge in [-0.2, -0.15) is 13.2 Å². The number of rotatable bonds is 5. The van der Waals surface area contributed by atoms with Gasteiger partial charge in [0.15, 0.2) is 0 Å². The lowest BCUT2D eigenvalue weighted by Gasteiger charge is -2.29. The molecule has 0 unspecified atom stereocenters. The predicted molar refractivity (Wildman–Crippen MR) is 113 cm³/mol. The molecule has 0 bridgehead atoms. The Labute approximate surface area is 187 Å². The molecule has 2 aromatic rings. The minimum Gasteiger partial charge on any atom is -0.490 e. The number of ether oxygens (including phenoxy) is 1. The molecule has 1 saturated carbocycles. The molecule has 3 amide bonds. The number of carbonyl (C=O) groups excluding carboxylic acids is 2. The summed E-state index contributed by atoms with van der Waals surface area (Å²) in [6.07, 6.45) is -0.581. The van der Waals surface area contributed by atoms with Gasteiger partial charge in [0.2, 0.25) is 0 Å². The van der Waals surface area contributed by atoms with Crippen molar-refractivity contribution in [2.24, 2.45) is 0 Å². The molecule has 32 heavy (non-hydrogen) atoms. The van der Waals surface area contributed by atoms with Crippen molar-refractivity contribution in [2.45, 2.75) is 44.0 Å². The summed E-state index contributed by atoms with van der Waals surface area (Å²) in [5.41, 5.74) is -0.751. The molecule has 11 heteroatoms. The van der Waals surface area contributed by atoms with Crippen molar-refractivity contribution in [1.82, 2.24) is 15.6 Å². The highest BCUT2D eigenvalue weighted by atomic mass is 35.5. The molecule has 0 aliphatic heterocycles. The van der Waals surface area contributed by atoms with Crippen LogP contribution in [0, 0.1) is 0 Å². The van der Waals surface area contributed by atoms with Crippen LogP contribution in [0.25, 0.3) is 0 Å². The molecule has 0 radical (unpaired) electrons. The molecule has 0 spiro atoms. The number of anilines is 1. The van der Waals surface area contributed by atoms with Crippen molar-refractivity contribution in [3.05, 3.63) is 52.8 Å². The van der Waals surface area contributed by atoms with E-state index >= 15 is 0 Å². The van der Waals surface area contributed by atoms with Crippen LogP contribution in [0.2, 0.25) is 5.02 Å². The van der Waals surface area contributed by atoms with Gasteiger partial charge in [-0.3, -0.25) is 9.78 Å². The van der Waals surface area contributed by atoms with Gasteiger partial charge in [-0.15, -0.1) is 0 Å². The Hall–Kier alpha value is -3.01. The number of hydrogen-bond acceptors (Lipinski definition) is 4. The number of nitrogens with one attached hydrogen (secondary N) is 3. The van der Waals surface area contributed by atoms with Gasteiger partial charge >= 0.3 is 12.2 Å². The first-order chi connectivity index (χ1) is 15.2. The molecule has 3 N–H and O–H groups in total. The summed E-state index contributed by atoms with van der Waals surface area (Å²) in [6, 6.07) is 5.72. The van der Waals surface area contributed by atoms with Crippen LogP contribution in [-0.2, 0) is 6.18 Å². The summed E-state index contributed by atoms with van der Waals surface area (Å²) in [5, 5.41) is 7.26. The van der Waals surface area contributed by atoms with Crippen molar-refractivity contribution < 1.29 is 27.5 Å². The zero-order valence-corrected chi connectivity index (χ0v) is 17.9. The maximum atomic E-state index is 13.0. The molecule has 7 nitrogen and oxygen atoms in total. The van der Waals surface area contributed by atoms with E-state index in [1.807, 2.05) is 0 Å². The lowest BCUT2D eigenvalue weighted by molar-refractivity contribution is -0.137.